The number of alkyl halides is 1. The van der Waals surface area contributed by atoms with Gasteiger partial charge in [-0.3, -0.25) is 4.79 Å². The molecule has 0 radical (unpaired) electrons. The molecule has 0 saturated heterocycles. The summed E-state index contributed by atoms with van der Waals surface area (Å²) >= 11 is 2.24. The Bertz CT molecular complexity index is 2160. The van der Waals surface area contributed by atoms with Crippen molar-refractivity contribution in [3.05, 3.63) is 143 Å². The molecule has 5 aromatic rings. The van der Waals surface area contributed by atoms with Crippen molar-refractivity contribution < 1.29 is 37.7 Å². The standard InChI is InChI=1S/C44H44F2IN3O6/c1-27(55-4)41(51)50(21-20-38(42(52)53)48-43(54)56-26-36-33-16-10-8-14-31(33)32-15-9-11-17-34(32)36)40(44(2,3)47)39-22-29(35-23-30(45)18-19-37(35)46)25-49(39)24-28-12-6-5-7-13-28/h5-19,22-23,25,27,36,38,40H,20-21,24,26H2,1-4H3,(H,48,54)(H,52,53)/t27-,38-,40-/m0/s1. The van der Waals surface area contributed by atoms with Crippen molar-refractivity contribution in [1.29, 1.82) is 0 Å². The Hall–Kier alpha value is -5.08. The van der Waals surface area contributed by atoms with Crippen LogP contribution in [0.3, 0.4) is 0 Å². The van der Waals surface area contributed by atoms with E-state index in [9.17, 15) is 23.9 Å². The summed E-state index contributed by atoms with van der Waals surface area (Å²) in [5.74, 6) is -3.14. The molecular formula is C44H44F2IN3O6. The van der Waals surface area contributed by atoms with Gasteiger partial charge in [-0.15, -0.1) is 0 Å². The molecule has 0 fully saturated rings. The number of carbonyl (C=O) groups is 3. The van der Waals surface area contributed by atoms with E-state index in [1.165, 1.54) is 7.11 Å². The van der Waals surface area contributed by atoms with Crippen LogP contribution >= 0.6 is 22.6 Å². The average molecular weight is 876 g/mol. The van der Waals surface area contributed by atoms with Crippen molar-refractivity contribution in [3.63, 3.8) is 0 Å². The SMILES string of the molecule is CO[C@@H](C)C(=O)N(CC[C@H](NC(=O)OCC1c2ccccc2-c2ccccc21)C(=O)O)[C@@H](c1cc(-c2cc(F)ccc2F)cn1Cc1ccccc1)C(C)(C)I. The van der Waals surface area contributed by atoms with Crippen molar-refractivity contribution in [2.75, 3.05) is 20.3 Å². The molecule has 1 aliphatic carbocycles. The maximum absolute atomic E-state index is 15.2. The third-order valence-electron chi connectivity index (χ3n) is 10.2. The number of aliphatic carboxylic acids is 1. The number of alkyl carbamates (subject to hydrolysis) is 1. The molecule has 2 N–H and O–H groups in total. The van der Waals surface area contributed by atoms with Gasteiger partial charge in [-0.05, 0) is 79.3 Å². The van der Waals surface area contributed by atoms with Crippen LogP contribution in [-0.2, 0) is 25.6 Å². The highest BCUT2D eigenvalue weighted by atomic mass is 127. The lowest BCUT2D eigenvalue weighted by Crippen LogP contribution is -2.50. The van der Waals surface area contributed by atoms with Crippen LogP contribution in [0, 0.1) is 11.6 Å². The number of rotatable bonds is 15. The van der Waals surface area contributed by atoms with Crippen molar-refractivity contribution in [1.82, 2.24) is 14.8 Å². The highest BCUT2D eigenvalue weighted by Crippen LogP contribution is 2.45. The number of carbonyl (C=O) groups excluding carboxylic acids is 2. The summed E-state index contributed by atoms with van der Waals surface area (Å²) in [5.41, 5.74) is 6.17. The molecule has 292 valence electrons. The fraction of sp³-hybridized carbons (Fsp3) is 0.295. The van der Waals surface area contributed by atoms with Crippen LogP contribution in [0.1, 0.15) is 61.5 Å². The van der Waals surface area contributed by atoms with Crippen LogP contribution in [0.15, 0.2) is 109 Å². The minimum absolute atomic E-state index is 0.0000920. The number of carboxylic acid groups (broad SMARTS) is 1. The number of methoxy groups -OCH3 is 1. The molecule has 9 nitrogen and oxygen atoms in total. The lowest BCUT2D eigenvalue weighted by atomic mass is 9.96. The van der Waals surface area contributed by atoms with E-state index in [-0.39, 0.29) is 31.1 Å². The lowest BCUT2D eigenvalue weighted by Gasteiger charge is -2.41. The predicted octanol–water partition coefficient (Wildman–Crippen LogP) is 8.98. The third kappa shape index (κ3) is 8.97. The number of amides is 2. The first-order valence-corrected chi connectivity index (χ1v) is 19.4. The molecule has 56 heavy (non-hydrogen) atoms. The number of nitrogens with zero attached hydrogens (tertiary/aromatic N) is 2. The van der Waals surface area contributed by atoms with E-state index in [2.05, 4.69) is 27.9 Å². The van der Waals surface area contributed by atoms with Gasteiger partial charge in [0.25, 0.3) is 5.91 Å². The largest absolute Gasteiger partial charge is 0.480 e. The topological polar surface area (TPSA) is 110 Å². The number of ether oxygens (including phenoxy) is 2. The third-order valence-corrected chi connectivity index (χ3v) is 10.8. The highest BCUT2D eigenvalue weighted by Gasteiger charge is 2.40. The molecule has 3 atom stereocenters. The van der Waals surface area contributed by atoms with Gasteiger partial charge in [-0.1, -0.05) is 101 Å². The molecule has 12 heteroatoms. The molecule has 0 aliphatic heterocycles. The van der Waals surface area contributed by atoms with Crippen LogP contribution in [0.25, 0.3) is 22.3 Å². The normalized spacial score (nSPS) is 14.0. The minimum Gasteiger partial charge on any atom is -0.480 e. The number of carboxylic acids is 1. The van der Waals surface area contributed by atoms with E-state index in [4.69, 9.17) is 9.47 Å². The molecule has 0 bridgehead atoms. The van der Waals surface area contributed by atoms with Crippen LogP contribution in [0.5, 0.6) is 0 Å². The maximum Gasteiger partial charge on any atom is 0.407 e. The van der Waals surface area contributed by atoms with E-state index in [0.717, 1.165) is 46.0 Å². The smallest absolute Gasteiger partial charge is 0.407 e. The zero-order valence-corrected chi connectivity index (χ0v) is 33.7. The lowest BCUT2D eigenvalue weighted by molar-refractivity contribution is -0.146. The molecular weight excluding hydrogens is 831 g/mol. The Morgan fingerprint density at radius 1 is 0.911 bits per heavy atom. The second-order valence-electron chi connectivity index (χ2n) is 14.4. The summed E-state index contributed by atoms with van der Waals surface area (Å²) in [4.78, 5) is 41.7. The molecule has 4 aromatic carbocycles. The molecule has 1 aromatic heterocycles. The van der Waals surface area contributed by atoms with Crippen molar-refractivity contribution in [2.24, 2.45) is 0 Å². The average Bonchev–Trinajstić information content (AvgIpc) is 3.73. The van der Waals surface area contributed by atoms with Crippen LogP contribution in [0.4, 0.5) is 13.6 Å². The Morgan fingerprint density at radius 2 is 1.54 bits per heavy atom. The molecule has 2 amide bonds. The maximum atomic E-state index is 15.2. The van der Waals surface area contributed by atoms with Gasteiger partial charge in [0.2, 0.25) is 0 Å². The van der Waals surface area contributed by atoms with E-state index < -0.39 is 51.2 Å². The summed E-state index contributed by atoms with van der Waals surface area (Å²) < 4.78 is 42.0. The molecule has 1 aliphatic rings. The fourth-order valence-electron chi connectivity index (χ4n) is 7.43. The quantitative estimate of drug-likeness (QED) is 0.0804. The van der Waals surface area contributed by atoms with Crippen LogP contribution < -0.4 is 5.32 Å². The second-order valence-corrected chi connectivity index (χ2v) is 17.2. The zero-order chi connectivity index (χ0) is 40.1. The number of fused-ring (bicyclic) bond motifs is 3. The summed E-state index contributed by atoms with van der Waals surface area (Å²) in [6, 6.07) is 28.2. The van der Waals surface area contributed by atoms with E-state index in [1.54, 1.807) is 24.1 Å². The number of hydrogen-bond donors (Lipinski definition) is 2. The van der Waals surface area contributed by atoms with Gasteiger partial charge in [-0.25, -0.2) is 18.4 Å². The van der Waals surface area contributed by atoms with Gasteiger partial charge in [0.1, 0.15) is 30.4 Å². The van der Waals surface area contributed by atoms with E-state index in [1.807, 2.05) is 97.3 Å². The Kier molecular flexibility index (Phi) is 12.6. The van der Waals surface area contributed by atoms with Gasteiger partial charge in [0.05, 0.1) is 6.04 Å². The first-order chi connectivity index (χ1) is 26.8. The van der Waals surface area contributed by atoms with Gasteiger partial charge in [0, 0.05) is 52.6 Å². The predicted molar refractivity (Wildman–Crippen MR) is 219 cm³/mol. The minimum atomic E-state index is -1.41. The zero-order valence-electron chi connectivity index (χ0n) is 31.5. The number of halogens is 3. The molecule has 0 unspecified atom stereocenters. The van der Waals surface area contributed by atoms with Gasteiger partial charge in [0.15, 0.2) is 0 Å². The molecule has 1 heterocycles. The van der Waals surface area contributed by atoms with Crippen molar-refractivity contribution in [2.45, 2.75) is 61.3 Å². The van der Waals surface area contributed by atoms with Crippen LogP contribution in [-0.4, -0.2) is 68.4 Å². The van der Waals surface area contributed by atoms with Gasteiger partial charge >= 0.3 is 12.1 Å². The summed E-state index contributed by atoms with van der Waals surface area (Å²) in [5, 5.41) is 12.8. The van der Waals surface area contributed by atoms with Gasteiger partial charge in [-0.2, -0.15) is 0 Å². The number of nitrogens with one attached hydrogen (secondary N) is 1. The Balaban J connectivity index is 1.28. The second kappa shape index (κ2) is 17.4. The first-order valence-electron chi connectivity index (χ1n) is 18.3. The van der Waals surface area contributed by atoms with Crippen molar-refractivity contribution in [3.8, 4) is 22.3 Å². The summed E-state index contributed by atoms with van der Waals surface area (Å²) in [6.07, 6.45) is -0.245. The Labute approximate surface area is 338 Å². The fourth-order valence-corrected chi connectivity index (χ4v) is 8.09. The molecule has 0 saturated carbocycles. The monoisotopic (exact) mass is 875 g/mol. The first kappa shape index (κ1) is 40.6. The highest BCUT2D eigenvalue weighted by molar-refractivity contribution is 14.1. The summed E-state index contributed by atoms with van der Waals surface area (Å²) in [7, 11) is 1.41. The van der Waals surface area contributed by atoms with E-state index in [0.29, 0.717) is 17.8 Å². The van der Waals surface area contributed by atoms with Gasteiger partial charge < -0.3 is 29.4 Å². The van der Waals surface area contributed by atoms with Crippen molar-refractivity contribution >= 4 is 40.6 Å². The van der Waals surface area contributed by atoms with Crippen LogP contribution in [0.2, 0.25) is 0 Å². The summed E-state index contributed by atoms with van der Waals surface area (Å²) in [6.45, 7) is 5.71. The Morgan fingerprint density at radius 3 is 2.14 bits per heavy atom. The molecule has 0 spiro atoms. The number of aromatic nitrogens is 1. The number of benzene rings is 4. The number of hydrogen-bond acceptors (Lipinski definition) is 5. The molecule has 6 rings (SSSR count). The van der Waals surface area contributed by atoms with E-state index >= 15 is 4.39 Å².